The third kappa shape index (κ3) is 2.47. The second-order valence-corrected chi connectivity index (χ2v) is 4.50. The van der Waals surface area contributed by atoms with E-state index in [-0.39, 0.29) is 5.13 Å². The Morgan fingerprint density at radius 1 is 1.18 bits per heavy atom. The first-order valence-electron chi connectivity index (χ1n) is 5.70. The summed E-state index contributed by atoms with van der Waals surface area (Å²) in [6.45, 7) is 6.19. The van der Waals surface area contributed by atoms with Crippen molar-refractivity contribution in [1.29, 1.82) is 0 Å². The molecule has 4 heteroatoms. The van der Waals surface area contributed by atoms with Crippen molar-refractivity contribution in [2.45, 2.75) is 13.8 Å². The van der Waals surface area contributed by atoms with Crippen molar-refractivity contribution in [3.8, 4) is 11.3 Å². The molecule has 1 aromatic carbocycles. The molecule has 17 heavy (non-hydrogen) atoms. The molecule has 0 unspecified atom stereocenters. The number of halogens is 1. The Kier molecular flexibility index (Phi) is 3.74. The van der Waals surface area contributed by atoms with E-state index in [2.05, 4.69) is 23.7 Å². The van der Waals surface area contributed by atoms with Crippen LogP contribution in [0.2, 0.25) is 0 Å². The van der Waals surface area contributed by atoms with Gasteiger partial charge in [-0.1, -0.05) is 23.5 Å². The van der Waals surface area contributed by atoms with Crippen LogP contribution in [0.4, 0.5) is 10.1 Å². The Bertz CT molecular complexity index is 474. The van der Waals surface area contributed by atoms with Crippen molar-refractivity contribution in [2.24, 2.45) is 0 Å². The van der Waals surface area contributed by atoms with Crippen LogP contribution >= 0.6 is 11.3 Å². The molecule has 0 atom stereocenters. The highest BCUT2D eigenvalue weighted by atomic mass is 32.1. The van der Waals surface area contributed by atoms with Crippen LogP contribution in [-0.2, 0) is 0 Å². The maximum absolute atomic E-state index is 13.4. The van der Waals surface area contributed by atoms with Crippen molar-refractivity contribution >= 4 is 17.0 Å². The van der Waals surface area contributed by atoms with Crippen molar-refractivity contribution in [1.82, 2.24) is 4.98 Å². The number of nitrogens with zero attached hydrogens (tertiary/aromatic N) is 2. The Morgan fingerprint density at radius 2 is 1.82 bits per heavy atom. The summed E-state index contributed by atoms with van der Waals surface area (Å²) in [5.41, 5.74) is 3.97. The minimum Gasteiger partial charge on any atom is -0.372 e. The number of thiazole rings is 1. The molecule has 0 saturated carbocycles. The summed E-state index contributed by atoms with van der Waals surface area (Å²) in [6, 6.07) is 7.87. The predicted molar refractivity (Wildman–Crippen MR) is 71.1 cm³/mol. The highest BCUT2D eigenvalue weighted by Gasteiger charge is 2.08. The molecule has 0 spiro atoms. The van der Waals surface area contributed by atoms with E-state index in [9.17, 15) is 4.39 Å². The third-order valence-electron chi connectivity index (χ3n) is 2.79. The lowest BCUT2D eigenvalue weighted by molar-refractivity contribution is 0.657. The lowest BCUT2D eigenvalue weighted by atomic mass is 10.1. The van der Waals surface area contributed by atoms with Gasteiger partial charge in [0, 0.05) is 24.3 Å². The van der Waals surface area contributed by atoms with Crippen LogP contribution in [-0.4, -0.2) is 18.1 Å². The molecule has 0 aliphatic carbocycles. The molecule has 0 bridgehead atoms. The lowest BCUT2D eigenvalue weighted by Crippen LogP contribution is -2.21. The van der Waals surface area contributed by atoms with Crippen LogP contribution in [0.25, 0.3) is 11.3 Å². The number of benzene rings is 1. The lowest BCUT2D eigenvalue weighted by Gasteiger charge is -2.20. The van der Waals surface area contributed by atoms with E-state index in [0.29, 0.717) is 5.69 Å². The maximum Gasteiger partial charge on any atom is 0.204 e. The molecule has 0 amide bonds. The van der Waals surface area contributed by atoms with E-state index in [1.807, 2.05) is 24.3 Å². The minimum absolute atomic E-state index is 0.222. The fourth-order valence-corrected chi connectivity index (χ4v) is 2.37. The molecule has 0 aliphatic heterocycles. The number of anilines is 1. The molecular formula is C13H15FN2S. The van der Waals surface area contributed by atoms with Gasteiger partial charge in [0.05, 0.1) is 5.51 Å². The average Bonchev–Trinajstić information content (AvgIpc) is 2.78. The quantitative estimate of drug-likeness (QED) is 0.820. The Hall–Kier alpha value is -1.42. The Labute approximate surface area is 105 Å². The summed E-state index contributed by atoms with van der Waals surface area (Å²) >= 11 is 1.03. The van der Waals surface area contributed by atoms with Crippen molar-refractivity contribution in [2.75, 3.05) is 18.0 Å². The van der Waals surface area contributed by atoms with Crippen LogP contribution in [0.15, 0.2) is 29.8 Å². The number of hydrogen-bond donors (Lipinski definition) is 0. The summed E-state index contributed by atoms with van der Waals surface area (Å²) in [5, 5.41) is -0.222. The first kappa shape index (κ1) is 12.0. The normalized spacial score (nSPS) is 10.5. The van der Waals surface area contributed by atoms with Crippen molar-refractivity contribution in [3.63, 3.8) is 0 Å². The van der Waals surface area contributed by atoms with Crippen molar-refractivity contribution in [3.05, 3.63) is 34.9 Å². The molecule has 0 fully saturated rings. The minimum atomic E-state index is -0.222. The Balaban J connectivity index is 2.27. The van der Waals surface area contributed by atoms with Gasteiger partial charge in [0.2, 0.25) is 5.13 Å². The van der Waals surface area contributed by atoms with E-state index in [1.54, 1.807) is 0 Å². The van der Waals surface area contributed by atoms with Crippen LogP contribution in [0.5, 0.6) is 0 Å². The summed E-state index contributed by atoms with van der Waals surface area (Å²) in [6.07, 6.45) is 0. The number of rotatable bonds is 4. The molecule has 90 valence electrons. The van der Waals surface area contributed by atoms with Gasteiger partial charge in [-0.3, -0.25) is 0 Å². The van der Waals surface area contributed by atoms with Gasteiger partial charge in [0.15, 0.2) is 0 Å². The smallest absolute Gasteiger partial charge is 0.204 e. The van der Waals surface area contributed by atoms with Gasteiger partial charge < -0.3 is 4.90 Å². The van der Waals surface area contributed by atoms with Crippen LogP contribution in [0, 0.1) is 5.13 Å². The highest BCUT2D eigenvalue weighted by molar-refractivity contribution is 7.08. The summed E-state index contributed by atoms with van der Waals surface area (Å²) in [5.74, 6) is 0. The molecule has 2 aromatic rings. The van der Waals surface area contributed by atoms with Gasteiger partial charge in [-0.2, -0.15) is 4.39 Å². The van der Waals surface area contributed by atoms with Gasteiger partial charge >= 0.3 is 0 Å². The first-order chi connectivity index (χ1) is 8.26. The topological polar surface area (TPSA) is 16.1 Å². The Morgan fingerprint density at radius 3 is 2.29 bits per heavy atom. The molecular weight excluding hydrogens is 235 g/mol. The van der Waals surface area contributed by atoms with Gasteiger partial charge in [-0.15, -0.1) is 0 Å². The fraction of sp³-hybridized carbons (Fsp3) is 0.308. The van der Waals surface area contributed by atoms with Gasteiger partial charge in [-0.05, 0) is 26.0 Å². The van der Waals surface area contributed by atoms with Crippen molar-refractivity contribution < 1.29 is 4.39 Å². The van der Waals surface area contributed by atoms with E-state index in [4.69, 9.17) is 0 Å². The van der Waals surface area contributed by atoms with Gasteiger partial charge in [-0.25, -0.2) is 4.98 Å². The van der Waals surface area contributed by atoms with E-state index >= 15 is 0 Å². The van der Waals surface area contributed by atoms with Gasteiger partial charge in [0.1, 0.15) is 5.69 Å². The molecule has 0 saturated heterocycles. The zero-order chi connectivity index (χ0) is 12.3. The monoisotopic (exact) mass is 250 g/mol. The molecule has 0 N–H and O–H groups in total. The average molecular weight is 250 g/mol. The first-order valence-corrected chi connectivity index (χ1v) is 6.58. The molecule has 2 nitrogen and oxygen atoms in total. The van der Waals surface area contributed by atoms with E-state index in [0.717, 1.165) is 35.7 Å². The summed E-state index contributed by atoms with van der Waals surface area (Å²) in [4.78, 5) is 6.28. The highest BCUT2D eigenvalue weighted by Crippen LogP contribution is 2.25. The van der Waals surface area contributed by atoms with Crippen LogP contribution in [0.3, 0.4) is 0 Å². The number of hydrogen-bond acceptors (Lipinski definition) is 3. The summed E-state index contributed by atoms with van der Waals surface area (Å²) < 4.78 is 13.4. The van der Waals surface area contributed by atoms with E-state index in [1.165, 1.54) is 5.51 Å². The second kappa shape index (κ2) is 5.27. The molecule has 0 radical (unpaired) electrons. The molecule has 1 heterocycles. The standard InChI is InChI=1S/C13H15FN2S/c1-3-16(4-2)11-7-5-10(6-8-11)12-13(14)17-9-15-12/h5-9H,3-4H2,1-2H3. The second-order valence-electron chi connectivity index (χ2n) is 3.69. The molecule has 0 aliphatic rings. The van der Waals surface area contributed by atoms with Crippen LogP contribution < -0.4 is 4.90 Å². The fourth-order valence-electron chi connectivity index (χ4n) is 1.84. The SMILES string of the molecule is CCN(CC)c1ccc(-c2ncsc2F)cc1. The third-order valence-corrected chi connectivity index (χ3v) is 3.40. The number of aromatic nitrogens is 1. The maximum atomic E-state index is 13.4. The zero-order valence-electron chi connectivity index (χ0n) is 9.98. The summed E-state index contributed by atoms with van der Waals surface area (Å²) in [7, 11) is 0. The van der Waals surface area contributed by atoms with Crippen LogP contribution in [0.1, 0.15) is 13.8 Å². The molecule has 2 rings (SSSR count). The largest absolute Gasteiger partial charge is 0.372 e. The van der Waals surface area contributed by atoms with Gasteiger partial charge in [0.25, 0.3) is 0 Å². The van der Waals surface area contributed by atoms with E-state index < -0.39 is 0 Å². The zero-order valence-corrected chi connectivity index (χ0v) is 10.8. The molecule has 1 aromatic heterocycles. The predicted octanol–water partition coefficient (Wildman–Crippen LogP) is 3.80.